The van der Waals surface area contributed by atoms with Gasteiger partial charge < -0.3 is 14.2 Å². The van der Waals surface area contributed by atoms with Crippen LogP contribution in [0.5, 0.6) is 0 Å². The molecule has 6 nitrogen and oxygen atoms in total. The molecule has 3 heterocycles. The number of hydrogen-bond donors (Lipinski definition) is 1. The van der Waals surface area contributed by atoms with E-state index in [9.17, 15) is 4.79 Å². The largest absolute Gasteiger partial charge is 0.467 e. The number of furan rings is 2. The molecular weight excluding hydrogens is 354 g/mol. The number of nitrogens with one attached hydrogen (secondary N) is 1. The summed E-state index contributed by atoms with van der Waals surface area (Å²) in [6.45, 7) is 6.22. The average Bonchev–Trinajstić information content (AvgIpc) is 3.40. The van der Waals surface area contributed by atoms with Gasteiger partial charge in [-0.2, -0.15) is 5.10 Å². The summed E-state index contributed by atoms with van der Waals surface area (Å²) in [5.41, 5.74) is 4.08. The van der Waals surface area contributed by atoms with Crippen molar-refractivity contribution in [1.82, 2.24) is 15.1 Å². The van der Waals surface area contributed by atoms with Crippen LogP contribution in [0.4, 0.5) is 0 Å². The van der Waals surface area contributed by atoms with Gasteiger partial charge in [0, 0.05) is 6.07 Å². The topological polar surface area (TPSA) is 73.2 Å². The van der Waals surface area contributed by atoms with Crippen molar-refractivity contribution in [2.45, 2.75) is 27.3 Å². The summed E-state index contributed by atoms with van der Waals surface area (Å²) < 4.78 is 12.7. The van der Waals surface area contributed by atoms with Crippen LogP contribution in [0.15, 0.2) is 63.6 Å². The fourth-order valence-corrected chi connectivity index (χ4v) is 3.13. The molecule has 4 aromatic rings. The summed E-state index contributed by atoms with van der Waals surface area (Å²) in [6.07, 6.45) is 1.58. The number of benzene rings is 1. The standard InChI is InChI=1S/C22H21N3O3/c1-14-6-8-19(15(2)11-14)25-20(22(26)23-13-17-5-4-10-27-17)12-18(24-25)21-9-7-16(3)28-21/h4-12H,13H2,1-3H3,(H,23,26). The third-order valence-corrected chi connectivity index (χ3v) is 4.52. The molecule has 0 bridgehead atoms. The van der Waals surface area contributed by atoms with E-state index in [1.165, 1.54) is 0 Å². The van der Waals surface area contributed by atoms with Crippen LogP contribution in [-0.2, 0) is 6.54 Å². The van der Waals surface area contributed by atoms with E-state index in [1.807, 2.05) is 51.1 Å². The van der Waals surface area contributed by atoms with Gasteiger partial charge in [-0.15, -0.1) is 0 Å². The Morgan fingerprint density at radius 2 is 1.96 bits per heavy atom. The lowest BCUT2D eigenvalue weighted by molar-refractivity contribution is 0.0940. The maximum Gasteiger partial charge on any atom is 0.270 e. The molecule has 0 fully saturated rings. The molecular formula is C22H21N3O3. The molecule has 0 unspecified atom stereocenters. The highest BCUT2D eigenvalue weighted by Gasteiger charge is 2.20. The second kappa shape index (κ2) is 7.23. The zero-order valence-corrected chi connectivity index (χ0v) is 16.0. The van der Waals surface area contributed by atoms with Crippen LogP contribution in [-0.4, -0.2) is 15.7 Å². The SMILES string of the molecule is Cc1ccc(-n2nc(-c3ccc(C)o3)cc2C(=O)NCc2ccco2)c(C)c1. The van der Waals surface area contributed by atoms with E-state index < -0.39 is 0 Å². The second-order valence-corrected chi connectivity index (χ2v) is 6.79. The lowest BCUT2D eigenvalue weighted by Crippen LogP contribution is -2.25. The zero-order chi connectivity index (χ0) is 19.7. The third-order valence-electron chi connectivity index (χ3n) is 4.52. The maximum atomic E-state index is 12.9. The molecule has 0 atom stereocenters. The molecule has 1 aromatic carbocycles. The monoisotopic (exact) mass is 375 g/mol. The average molecular weight is 375 g/mol. The summed E-state index contributed by atoms with van der Waals surface area (Å²) in [5, 5.41) is 7.55. The van der Waals surface area contributed by atoms with Crippen molar-refractivity contribution in [3.8, 4) is 17.1 Å². The summed E-state index contributed by atoms with van der Waals surface area (Å²) in [5.74, 6) is 1.87. The van der Waals surface area contributed by atoms with E-state index in [4.69, 9.17) is 8.83 Å². The Labute approximate surface area is 162 Å². The van der Waals surface area contributed by atoms with Crippen molar-refractivity contribution in [3.63, 3.8) is 0 Å². The highest BCUT2D eigenvalue weighted by Crippen LogP contribution is 2.25. The van der Waals surface area contributed by atoms with Gasteiger partial charge in [0.25, 0.3) is 5.91 Å². The molecule has 0 radical (unpaired) electrons. The number of carbonyl (C=O) groups is 1. The van der Waals surface area contributed by atoms with Crippen LogP contribution < -0.4 is 5.32 Å². The van der Waals surface area contributed by atoms with Gasteiger partial charge in [-0.3, -0.25) is 4.79 Å². The molecule has 0 aliphatic carbocycles. The normalized spacial score (nSPS) is 11.0. The molecule has 0 aliphatic rings. The molecule has 3 aromatic heterocycles. The Balaban J connectivity index is 1.74. The van der Waals surface area contributed by atoms with E-state index in [0.29, 0.717) is 29.5 Å². The van der Waals surface area contributed by atoms with Gasteiger partial charge in [0.15, 0.2) is 5.76 Å². The molecule has 0 aliphatic heterocycles. The number of nitrogens with zero attached hydrogens (tertiary/aromatic N) is 2. The molecule has 1 amide bonds. The van der Waals surface area contributed by atoms with Gasteiger partial charge in [-0.1, -0.05) is 17.7 Å². The van der Waals surface area contributed by atoms with Gasteiger partial charge in [0.2, 0.25) is 0 Å². The Kier molecular flexibility index (Phi) is 4.61. The van der Waals surface area contributed by atoms with Gasteiger partial charge in [0.05, 0.1) is 18.5 Å². The van der Waals surface area contributed by atoms with Gasteiger partial charge in [-0.25, -0.2) is 4.68 Å². The van der Waals surface area contributed by atoms with Crippen LogP contribution in [0, 0.1) is 20.8 Å². The van der Waals surface area contributed by atoms with E-state index in [2.05, 4.69) is 16.5 Å². The first kappa shape index (κ1) is 17.9. The molecule has 28 heavy (non-hydrogen) atoms. The molecule has 142 valence electrons. The number of aromatic nitrogens is 2. The van der Waals surface area contributed by atoms with Crippen molar-refractivity contribution >= 4 is 5.91 Å². The Bertz CT molecular complexity index is 1120. The fourth-order valence-electron chi connectivity index (χ4n) is 3.13. The Morgan fingerprint density at radius 1 is 1.11 bits per heavy atom. The number of amides is 1. The predicted molar refractivity (Wildman–Crippen MR) is 105 cm³/mol. The van der Waals surface area contributed by atoms with Crippen LogP contribution in [0.25, 0.3) is 17.1 Å². The van der Waals surface area contributed by atoms with Crippen molar-refractivity contribution in [3.05, 3.63) is 83.1 Å². The minimum absolute atomic E-state index is 0.238. The zero-order valence-electron chi connectivity index (χ0n) is 16.0. The number of rotatable bonds is 5. The maximum absolute atomic E-state index is 12.9. The van der Waals surface area contributed by atoms with Gasteiger partial charge in [-0.05, 0) is 56.7 Å². The van der Waals surface area contributed by atoms with E-state index >= 15 is 0 Å². The number of hydrogen-bond acceptors (Lipinski definition) is 4. The second-order valence-electron chi connectivity index (χ2n) is 6.79. The lowest BCUT2D eigenvalue weighted by atomic mass is 10.1. The molecule has 0 saturated carbocycles. The van der Waals surface area contributed by atoms with Crippen LogP contribution in [0.1, 0.15) is 33.1 Å². The minimum Gasteiger partial charge on any atom is -0.467 e. The van der Waals surface area contributed by atoms with Gasteiger partial charge in [0.1, 0.15) is 22.9 Å². The first-order chi connectivity index (χ1) is 13.5. The summed E-state index contributed by atoms with van der Waals surface area (Å²) in [4.78, 5) is 12.9. The van der Waals surface area contributed by atoms with E-state index in [0.717, 1.165) is 22.6 Å². The molecule has 0 saturated heterocycles. The molecule has 6 heteroatoms. The summed E-state index contributed by atoms with van der Waals surface area (Å²) in [7, 11) is 0. The first-order valence-electron chi connectivity index (χ1n) is 9.06. The van der Waals surface area contributed by atoms with Crippen LogP contribution >= 0.6 is 0 Å². The minimum atomic E-state index is -0.238. The fraction of sp³-hybridized carbons (Fsp3) is 0.182. The summed E-state index contributed by atoms with van der Waals surface area (Å²) in [6, 6.07) is 15.1. The number of aryl methyl sites for hydroxylation is 3. The van der Waals surface area contributed by atoms with Crippen molar-refractivity contribution in [2.24, 2.45) is 0 Å². The molecule has 1 N–H and O–H groups in total. The van der Waals surface area contributed by atoms with Crippen molar-refractivity contribution < 1.29 is 13.6 Å². The third kappa shape index (κ3) is 3.49. The smallest absolute Gasteiger partial charge is 0.270 e. The van der Waals surface area contributed by atoms with E-state index in [1.54, 1.807) is 23.1 Å². The quantitative estimate of drug-likeness (QED) is 0.554. The molecule has 4 rings (SSSR count). The van der Waals surface area contributed by atoms with Crippen LogP contribution in [0.2, 0.25) is 0 Å². The Morgan fingerprint density at radius 3 is 2.64 bits per heavy atom. The lowest BCUT2D eigenvalue weighted by Gasteiger charge is -2.11. The predicted octanol–water partition coefficient (Wildman–Crippen LogP) is 4.58. The van der Waals surface area contributed by atoms with Gasteiger partial charge >= 0.3 is 0 Å². The van der Waals surface area contributed by atoms with Crippen LogP contribution in [0.3, 0.4) is 0 Å². The van der Waals surface area contributed by atoms with E-state index in [-0.39, 0.29) is 5.91 Å². The highest BCUT2D eigenvalue weighted by molar-refractivity contribution is 5.94. The van der Waals surface area contributed by atoms with Crippen molar-refractivity contribution in [1.29, 1.82) is 0 Å². The highest BCUT2D eigenvalue weighted by atomic mass is 16.3. The Hall–Kier alpha value is -3.54. The summed E-state index contributed by atoms with van der Waals surface area (Å²) >= 11 is 0. The first-order valence-corrected chi connectivity index (χ1v) is 9.06. The number of carbonyl (C=O) groups excluding carboxylic acids is 1. The molecule has 0 spiro atoms. The van der Waals surface area contributed by atoms with Crippen molar-refractivity contribution in [2.75, 3.05) is 0 Å².